The Morgan fingerprint density at radius 2 is 2.07 bits per heavy atom. The Balaban J connectivity index is 2.61. The second kappa shape index (κ2) is 3.55. The average molecular weight is 229 g/mol. The van der Waals surface area contributed by atoms with Crippen molar-refractivity contribution in [1.29, 1.82) is 0 Å². The van der Waals surface area contributed by atoms with Gasteiger partial charge in [0, 0.05) is 17.8 Å². The predicted octanol–water partition coefficient (Wildman–Crippen LogP) is 3.18. The number of hydrogen-bond acceptors (Lipinski definition) is 4. The Kier molecular flexibility index (Phi) is 2.39. The SMILES string of the molecule is O=C(CCl)c1ccc2oc(=S)oc2c1. The van der Waals surface area contributed by atoms with E-state index in [0.717, 1.165) is 0 Å². The van der Waals surface area contributed by atoms with Crippen molar-refractivity contribution in [3.8, 4) is 0 Å². The molecule has 0 fully saturated rings. The Morgan fingerprint density at radius 3 is 2.79 bits per heavy atom. The number of fused-ring (bicyclic) bond motifs is 1. The lowest BCUT2D eigenvalue weighted by Gasteiger charge is -1.94. The molecule has 2 aromatic rings. The molecule has 0 radical (unpaired) electrons. The van der Waals surface area contributed by atoms with Gasteiger partial charge in [0.25, 0.3) is 0 Å². The van der Waals surface area contributed by atoms with Crippen LogP contribution in [0.3, 0.4) is 0 Å². The van der Waals surface area contributed by atoms with Crippen molar-refractivity contribution >= 4 is 40.8 Å². The number of alkyl halides is 1. The molecule has 0 bridgehead atoms. The lowest BCUT2D eigenvalue weighted by Crippen LogP contribution is -1.98. The summed E-state index contributed by atoms with van der Waals surface area (Å²) < 4.78 is 10.1. The first-order valence-corrected chi connectivity index (χ1v) is 4.78. The summed E-state index contributed by atoms with van der Waals surface area (Å²) in [5, 5.41) is 0. The molecule has 0 N–H and O–H groups in total. The molecule has 14 heavy (non-hydrogen) atoms. The quantitative estimate of drug-likeness (QED) is 0.450. The predicted molar refractivity (Wildman–Crippen MR) is 54.4 cm³/mol. The van der Waals surface area contributed by atoms with Crippen LogP contribution in [0.2, 0.25) is 0 Å². The van der Waals surface area contributed by atoms with Crippen LogP contribution in [0.1, 0.15) is 10.4 Å². The van der Waals surface area contributed by atoms with E-state index >= 15 is 0 Å². The number of ketones is 1. The fourth-order valence-electron chi connectivity index (χ4n) is 1.12. The van der Waals surface area contributed by atoms with Crippen molar-refractivity contribution in [1.82, 2.24) is 0 Å². The minimum atomic E-state index is -0.157. The molecule has 0 amide bonds. The molecule has 0 saturated heterocycles. The topological polar surface area (TPSA) is 43.4 Å². The molecule has 0 unspecified atom stereocenters. The molecular formula is C9H5ClO3S. The highest BCUT2D eigenvalue weighted by molar-refractivity contribution is 7.71. The van der Waals surface area contributed by atoms with Gasteiger partial charge in [-0.05, 0) is 18.2 Å². The number of benzene rings is 1. The summed E-state index contributed by atoms with van der Waals surface area (Å²) in [7, 11) is 0. The molecule has 5 heteroatoms. The molecule has 1 aromatic carbocycles. The van der Waals surface area contributed by atoms with Crippen LogP contribution in [0.4, 0.5) is 0 Å². The highest BCUT2D eigenvalue weighted by atomic mass is 35.5. The molecule has 0 spiro atoms. The molecular weight excluding hydrogens is 224 g/mol. The van der Waals surface area contributed by atoms with Crippen molar-refractivity contribution in [2.45, 2.75) is 0 Å². The second-order valence-electron chi connectivity index (χ2n) is 2.67. The van der Waals surface area contributed by atoms with Crippen LogP contribution in [-0.4, -0.2) is 11.7 Å². The van der Waals surface area contributed by atoms with Crippen molar-refractivity contribution in [3.05, 3.63) is 28.7 Å². The fraction of sp³-hybridized carbons (Fsp3) is 0.111. The van der Waals surface area contributed by atoms with Gasteiger partial charge in [-0.1, -0.05) is 0 Å². The minimum Gasteiger partial charge on any atom is -0.413 e. The zero-order chi connectivity index (χ0) is 10.1. The van der Waals surface area contributed by atoms with Crippen molar-refractivity contribution in [3.63, 3.8) is 0 Å². The fourth-order valence-corrected chi connectivity index (χ4v) is 1.46. The zero-order valence-corrected chi connectivity index (χ0v) is 8.52. The first-order chi connectivity index (χ1) is 6.70. The van der Waals surface area contributed by atoms with Gasteiger partial charge in [-0.3, -0.25) is 4.79 Å². The highest BCUT2D eigenvalue weighted by Gasteiger charge is 2.07. The van der Waals surface area contributed by atoms with E-state index in [1.54, 1.807) is 18.2 Å². The summed E-state index contributed by atoms with van der Waals surface area (Å²) in [5.74, 6) is -0.208. The van der Waals surface area contributed by atoms with Crippen LogP contribution < -0.4 is 0 Å². The van der Waals surface area contributed by atoms with E-state index < -0.39 is 0 Å². The molecule has 1 aromatic heterocycles. The monoisotopic (exact) mass is 228 g/mol. The summed E-state index contributed by atoms with van der Waals surface area (Å²) >= 11 is 10.1. The van der Waals surface area contributed by atoms with E-state index in [0.29, 0.717) is 16.7 Å². The van der Waals surface area contributed by atoms with Gasteiger partial charge < -0.3 is 8.83 Å². The van der Waals surface area contributed by atoms with E-state index in [9.17, 15) is 4.79 Å². The van der Waals surface area contributed by atoms with Gasteiger partial charge in [-0.25, -0.2) is 0 Å². The number of Topliss-reactive ketones (excluding diaryl/α,β-unsaturated/α-hetero) is 1. The molecule has 0 atom stereocenters. The van der Waals surface area contributed by atoms with Gasteiger partial charge in [0.05, 0.1) is 5.88 Å². The lowest BCUT2D eigenvalue weighted by atomic mass is 10.1. The van der Waals surface area contributed by atoms with E-state index in [4.69, 9.17) is 32.7 Å². The van der Waals surface area contributed by atoms with Crippen molar-refractivity contribution in [2.24, 2.45) is 0 Å². The Bertz CT molecular complexity index is 540. The summed E-state index contributed by atoms with van der Waals surface area (Å²) in [6, 6.07) is 4.83. The van der Waals surface area contributed by atoms with E-state index in [1.165, 1.54) is 0 Å². The van der Waals surface area contributed by atoms with Crippen LogP contribution in [-0.2, 0) is 0 Å². The van der Waals surface area contributed by atoms with Gasteiger partial charge in [-0.15, -0.1) is 11.6 Å². The highest BCUT2D eigenvalue weighted by Crippen LogP contribution is 2.18. The Morgan fingerprint density at radius 1 is 1.36 bits per heavy atom. The molecule has 0 aliphatic carbocycles. The molecule has 3 nitrogen and oxygen atoms in total. The zero-order valence-electron chi connectivity index (χ0n) is 6.95. The van der Waals surface area contributed by atoms with Crippen molar-refractivity contribution < 1.29 is 13.6 Å². The largest absolute Gasteiger partial charge is 0.413 e. The molecule has 0 aliphatic rings. The molecule has 1 heterocycles. The molecule has 0 aliphatic heterocycles. The normalized spacial score (nSPS) is 10.6. The van der Waals surface area contributed by atoms with Crippen LogP contribution in [0.5, 0.6) is 0 Å². The van der Waals surface area contributed by atoms with Gasteiger partial charge in [0.2, 0.25) is 0 Å². The Labute approximate surface area is 89.3 Å². The van der Waals surface area contributed by atoms with E-state index in [1.807, 2.05) is 0 Å². The van der Waals surface area contributed by atoms with E-state index in [2.05, 4.69) is 0 Å². The van der Waals surface area contributed by atoms with Crippen LogP contribution in [0.25, 0.3) is 11.2 Å². The van der Waals surface area contributed by atoms with Crippen LogP contribution >= 0.6 is 23.8 Å². The second-order valence-corrected chi connectivity index (χ2v) is 3.27. The maximum absolute atomic E-state index is 11.2. The van der Waals surface area contributed by atoms with Crippen LogP contribution in [0.15, 0.2) is 27.0 Å². The maximum Gasteiger partial charge on any atom is 0.363 e. The lowest BCUT2D eigenvalue weighted by molar-refractivity contribution is 0.102. The van der Waals surface area contributed by atoms with Gasteiger partial charge in [0.15, 0.2) is 16.9 Å². The molecule has 2 rings (SSSR count). The minimum absolute atomic E-state index is 0.0514. The standard InChI is InChI=1S/C9H5ClO3S/c10-4-6(11)5-1-2-7-8(3-5)13-9(14)12-7/h1-3H,4H2. The molecule has 0 saturated carbocycles. The number of halogens is 1. The summed E-state index contributed by atoms with van der Waals surface area (Å²) in [6.45, 7) is 0. The summed E-state index contributed by atoms with van der Waals surface area (Å²) in [4.78, 5) is 11.3. The number of hydrogen-bond donors (Lipinski definition) is 0. The van der Waals surface area contributed by atoms with Crippen molar-refractivity contribution in [2.75, 3.05) is 5.88 Å². The number of rotatable bonds is 2. The van der Waals surface area contributed by atoms with Gasteiger partial charge in [0.1, 0.15) is 0 Å². The third-order valence-corrected chi connectivity index (χ3v) is 2.18. The Hall–Kier alpha value is -1.13. The van der Waals surface area contributed by atoms with Gasteiger partial charge >= 0.3 is 4.90 Å². The first kappa shape index (κ1) is 9.43. The van der Waals surface area contributed by atoms with Gasteiger partial charge in [-0.2, -0.15) is 0 Å². The van der Waals surface area contributed by atoms with Crippen LogP contribution in [0, 0.1) is 4.90 Å². The average Bonchev–Trinajstić information content (AvgIpc) is 2.55. The third kappa shape index (κ3) is 1.58. The third-order valence-electron chi connectivity index (χ3n) is 1.77. The van der Waals surface area contributed by atoms with E-state index in [-0.39, 0.29) is 16.6 Å². The summed E-state index contributed by atoms with van der Waals surface area (Å²) in [5.41, 5.74) is 1.49. The number of carbonyl (C=O) groups excluding carboxylic acids is 1. The first-order valence-electron chi connectivity index (χ1n) is 3.83. The number of carbonyl (C=O) groups is 1. The molecule has 72 valence electrons. The maximum atomic E-state index is 11.2. The smallest absolute Gasteiger partial charge is 0.363 e. The summed E-state index contributed by atoms with van der Waals surface area (Å²) in [6.07, 6.45) is 0.